The summed E-state index contributed by atoms with van der Waals surface area (Å²) < 4.78 is 0.999. The zero-order valence-corrected chi connectivity index (χ0v) is 13.7. The van der Waals surface area contributed by atoms with Crippen molar-refractivity contribution in [3.05, 3.63) is 70.3 Å². The van der Waals surface area contributed by atoms with Gasteiger partial charge in [-0.3, -0.25) is 4.98 Å². The average Bonchev–Trinajstić information content (AvgIpc) is 2.47. The van der Waals surface area contributed by atoms with Crippen LogP contribution in [0.25, 0.3) is 10.9 Å². The highest BCUT2D eigenvalue weighted by atomic mass is 79.9. The molecule has 0 bridgehead atoms. The van der Waals surface area contributed by atoms with E-state index in [9.17, 15) is 0 Å². The molecular weight excluding hydrogens is 324 g/mol. The molecule has 2 aromatic carbocycles. The number of halogens is 1. The van der Waals surface area contributed by atoms with Gasteiger partial charge in [0.1, 0.15) is 0 Å². The van der Waals surface area contributed by atoms with Gasteiger partial charge < -0.3 is 5.32 Å². The smallest absolute Gasteiger partial charge is 0.0934 e. The van der Waals surface area contributed by atoms with Crippen molar-refractivity contribution >= 4 is 32.5 Å². The SMILES string of the molecule is Cc1ccc(C(C)Nc2cccc3cc(Br)cnc23)cc1. The van der Waals surface area contributed by atoms with E-state index in [0.717, 1.165) is 21.1 Å². The predicted molar refractivity (Wildman–Crippen MR) is 92.7 cm³/mol. The number of anilines is 1. The first-order valence-corrected chi connectivity index (χ1v) is 7.80. The van der Waals surface area contributed by atoms with Crippen molar-refractivity contribution in [2.45, 2.75) is 19.9 Å². The van der Waals surface area contributed by atoms with Gasteiger partial charge in [0, 0.05) is 22.1 Å². The highest BCUT2D eigenvalue weighted by molar-refractivity contribution is 9.10. The van der Waals surface area contributed by atoms with E-state index in [0.29, 0.717) is 0 Å². The number of aromatic nitrogens is 1. The molecule has 0 aliphatic heterocycles. The molecule has 1 unspecified atom stereocenters. The molecule has 106 valence electrons. The van der Waals surface area contributed by atoms with Crippen LogP contribution in [-0.4, -0.2) is 4.98 Å². The second-order valence-electron chi connectivity index (χ2n) is 5.31. The Morgan fingerprint density at radius 1 is 1.10 bits per heavy atom. The van der Waals surface area contributed by atoms with E-state index in [1.165, 1.54) is 11.1 Å². The number of pyridine rings is 1. The van der Waals surface area contributed by atoms with E-state index in [2.05, 4.69) is 88.6 Å². The first-order valence-electron chi connectivity index (χ1n) is 7.01. The van der Waals surface area contributed by atoms with Crippen LogP contribution in [0.2, 0.25) is 0 Å². The van der Waals surface area contributed by atoms with Crippen LogP contribution in [0, 0.1) is 6.92 Å². The third kappa shape index (κ3) is 3.08. The van der Waals surface area contributed by atoms with Crippen LogP contribution in [0.1, 0.15) is 24.1 Å². The monoisotopic (exact) mass is 340 g/mol. The van der Waals surface area contributed by atoms with Gasteiger partial charge in [0.2, 0.25) is 0 Å². The lowest BCUT2D eigenvalue weighted by molar-refractivity contribution is 0.885. The molecule has 0 aliphatic carbocycles. The molecule has 3 aromatic rings. The van der Waals surface area contributed by atoms with Gasteiger partial charge in [-0.15, -0.1) is 0 Å². The Balaban J connectivity index is 1.92. The minimum atomic E-state index is 0.238. The molecule has 0 amide bonds. The summed E-state index contributed by atoms with van der Waals surface area (Å²) in [6.07, 6.45) is 1.84. The van der Waals surface area contributed by atoms with Crippen molar-refractivity contribution in [1.82, 2.24) is 4.98 Å². The Bertz CT molecular complexity index is 766. The Morgan fingerprint density at radius 3 is 2.62 bits per heavy atom. The van der Waals surface area contributed by atoms with Crippen LogP contribution < -0.4 is 5.32 Å². The van der Waals surface area contributed by atoms with Gasteiger partial charge in [-0.25, -0.2) is 0 Å². The number of aryl methyl sites for hydroxylation is 1. The van der Waals surface area contributed by atoms with Crippen LogP contribution in [0.4, 0.5) is 5.69 Å². The Kier molecular flexibility index (Phi) is 3.93. The lowest BCUT2D eigenvalue weighted by atomic mass is 10.1. The van der Waals surface area contributed by atoms with Crippen LogP contribution in [0.5, 0.6) is 0 Å². The molecule has 1 aromatic heterocycles. The molecule has 0 aliphatic rings. The van der Waals surface area contributed by atoms with Crippen molar-refractivity contribution < 1.29 is 0 Å². The fourth-order valence-electron chi connectivity index (χ4n) is 2.42. The largest absolute Gasteiger partial charge is 0.377 e. The first kappa shape index (κ1) is 14.1. The summed E-state index contributed by atoms with van der Waals surface area (Å²) in [5, 5.41) is 4.69. The molecule has 0 fully saturated rings. The van der Waals surface area contributed by atoms with Crippen LogP contribution in [0.3, 0.4) is 0 Å². The van der Waals surface area contributed by atoms with Crippen LogP contribution >= 0.6 is 15.9 Å². The zero-order valence-electron chi connectivity index (χ0n) is 12.1. The highest BCUT2D eigenvalue weighted by Crippen LogP contribution is 2.27. The third-order valence-corrected chi connectivity index (χ3v) is 4.06. The number of hydrogen-bond acceptors (Lipinski definition) is 2. The molecular formula is C18H17BrN2. The summed E-state index contributed by atoms with van der Waals surface area (Å²) in [7, 11) is 0. The van der Waals surface area contributed by atoms with Crippen LogP contribution in [-0.2, 0) is 0 Å². The molecule has 0 spiro atoms. The number of benzene rings is 2. The van der Waals surface area contributed by atoms with Crippen molar-refractivity contribution in [2.24, 2.45) is 0 Å². The molecule has 0 saturated carbocycles. The number of para-hydroxylation sites is 1. The summed E-state index contributed by atoms with van der Waals surface area (Å²) >= 11 is 3.47. The van der Waals surface area contributed by atoms with Gasteiger partial charge >= 0.3 is 0 Å². The Labute approximate surface area is 133 Å². The van der Waals surface area contributed by atoms with E-state index in [-0.39, 0.29) is 6.04 Å². The first-order chi connectivity index (χ1) is 10.1. The molecule has 0 radical (unpaired) electrons. The predicted octanol–water partition coefficient (Wildman–Crippen LogP) is 5.48. The quantitative estimate of drug-likeness (QED) is 0.682. The summed E-state index contributed by atoms with van der Waals surface area (Å²) in [6.45, 7) is 4.27. The Hall–Kier alpha value is -1.87. The lowest BCUT2D eigenvalue weighted by Gasteiger charge is -2.17. The molecule has 3 rings (SSSR count). The highest BCUT2D eigenvalue weighted by Gasteiger charge is 2.08. The average molecular weight is 341 g/mol. The summed E-state index contributed by atoms with van der Waals surface area (Å²) in [5.41, 5.74) is 4.62. The topological polar surface area (TPSA) is 24.9 Å². The molecule has 2 nitrogen and oxygen atoms in total. The molecule has 3 heteroatoms. The summed E-state index contributed by atoms with van der Waals surface area (Å²) in [5.74, 6) is 0. The van der Waals surface area contributed by atoms with E-state index < -0.39 is 0 Å². The van der Waals surface area contributed by atoms with Crippen molar-refractivity contribution in [3.8, 4) is 0 Å². The molecule has 0 saturated heterocycles. The van der Waals surface area contributed by atoms with Crippen molar-refractivity contribution in [3.63, 3.8) is 0 Å². The van der Waals surface area contributed by atoms with Crippen LogP contribution in [0.15, 0.2) is 59.2 Å². The summed E-state index contributed by atoms with van der Waals surface area (Å²) in [4.78, 5) is 4.53. The second kappa shape index (κ2) is 5.86. The van der Waals surface area contributed by atoms with Gasteiger partial charge in [-0.1, -0.05) is 42.0 Å². The second-order valence-corrected chi connectivity index (χ2v) is 6.22. The van der Waals surface area contributed by atoms with Gasteiger partial charge in [-0.05, 0) is 47.5 Å². The van der Waals surface area contributed by atoms with Gasteiger partial charge in [0.05, 0.1) is 11.2 Å². The third-order valence-electron chi connectivity index (χ3n) is 3.63. The number of nitrogens with one attached hydrogen (secondary N) is 1. The fourth-order valence-corrected chi connectivity index (χ4v) is 2.77. The van der Waals surface area contributed by atoms with Gasteiger partial charge in [0.25, 0.3) is 0 Å². The standard InChI is InChI=1S/C18H17BrN2/c1-12-6-8-14(9-7-12)13(2)21-17-5-3-4-15-10-16(19)11-20-18(15)17/h3-11,13,21H,1-2H3. The maximum atomic E-state index is 4.53. The van der Waals surface area contributed by atoms with Crippen molar-refractivity contribution in [2.75, 3.05) is 5.32 Å². The van der Waals surface area contributed by atoms with Crippen molar-refractivity contribution in [1.29, 1.82) is 0 Å². The molecule has 1 heterocycles. The van der Waals surface area contributed by atoms with E-state index >= 15 is 0 Å². The summed E-state index contributed by atoms with van der Waals surface area (Å²) in [6, 6.07) is 17.2. The maximum absolute atomic E-state index is 4.53. The molecule has 1 N–H and O–H groups in total. The maximum Gasteiger partial charge on any atom is 0.0934 e. The molecule has 1 atom stereocenters. The molecule has 21 heavy (non-hydrogen) atoms. The zero-order chi connectivity index (χ0) is 14.8. The number of nitrogens with zero attached hydrogens (tertiary/aromatic N) is 1. The Morgan fingerprint density at radius 2 is 1.86 bits per heavy atom. The minimum Gasteiger partial charge on any atom is -0.377 e. The normalized spacial score (nSPS) is 12.3. The minimum absolute atomic E-state index is 0.238. The fraction of sp³-hybridized carbons (Fsp3) is 0.167. The lowest BCUT2D eigenvalue weighted by Crippen LogP contribution is -2.07. The number of fused-ring (bicyclic) bond motifs is 1. The number of rotatable bonds is 3. The van der Waals surface area contributed by atoms with E-state index in [1.807, 2.05) is 6.20 Å². The van der Waals surface area contributed by atoms with E-state index in [4.69, 9.17) is 0 Å². The number of hydrogen-bond donors (Lipinski definition) is 1. The van der Waals surface area contributed by atoms with Gasteiger partial charge in [-0.2, -0.15) is 0 Å². The van der Waals surface area contributed by atoms with Gasteiger partial charge in [0.15, 0.2) is 0 Å². The van der Waals surface area contributed by atoms with E-state index in [1.54, 1.807) is 0 Å².